The minimum Gasteiger partial charge on any atom is -0.380 e. The summed E-state index contributed by atoms with van der Waals surface area (Å²) in [5, 5.41) is 13.7. The normalized spacial score (nSPS) is 17.5. The maximum absolute atomic E-state index is 12.4. The fourth-order valence-corrected chi connectivity index (χ4v) is 2.86. The number of rotatable bonds is 5. The maximum atomic E-state index is 12.4. The molecule has 2 N–H and O–H groups in total. The first-order chi connectivity index (χ1) is 12.0. The number of amides is 1. The summed E-state index contributed by atoms with van der Waals surface area (Å²) in [5.41, 5.74) is 0.419. The lowest BCUT2D eigenvalue weighted by Crippen LogP contribution is -2.40. The monoisotopic (exact) mass is 375 g/mol. The van der Waals surface area contributed by atoms with E-state index in [0.717, 1.165) is 0 Å². The van der Waals surface area contributed by atoms with Gasteiger partial charge in [0, 0.05) is 33.0 Å². The van der Waals surface area contributed by atoms with Crippen molar-refractivity contribution in [1.82, 2.24) is 0 Å². The molecule has 6 heteroatoms. The molecule has 1 aliphatic rings. The minimum absolute atomic E-state index is 0.0183. The molecule has 1 unspecified atom stereocenters. The van der Waals surface area contributed by atoms with Gasteiger partial charge in [0.05, 0.1) is 0 Å². The quantitative estimate of drug-likeness (QED) is 0.770. The van der Waals surface area contributed by atoms with Crippen molar-refractivity contribution in [3.8, 4) is 0 Å². The van der Waals surface area contributed by atoms with E-state index in [1.54, 1.807) is 45.0 Å². The number of allylic oxidation sites excluding steroid dienone is 4. The van der Waals surface area contributed by atoms with Crippen LogP contribution in [0.25, 0.3) is 0 Å². The fourth-order valence-electron chi connectivity index (χ4n) is 2.74. The van der Waals surface area contributed by atoms with Crippen LogP contribution in [0.5, 0.6) is 0 Å². The highest BCUT2D eigenvalue weighted by molar-refractivity contribution is 6.30. The number of anilines is 1. The Kier molecular flexibility index (Phi) is 5.84. The SMILES string of the molecule is CC1=C(C)C(=O)C(CCC(C)(O)C(=O)Nc2ccc(Cl)cc2)=C(C)C1=O. The van der Waals surface area contributed by atoms with Crippen LogP contribution in [0.3, 0.4) is 0 Å². The Labute approximate surface area is 157 Å². The standard InChI is InChI=1S/C20H22ClNO4/c1-11-12(2)18(24)16(13(3)17(11)23)9-10-20(4,26)19(25)22-15-7-5-14(21)6-8-15/h5-8,26H,9-10H2,1-4H3,(H,22,25). The van der Waals surface area contributed by atoms with Gasteiger partial charge in [0.1, 0.15) is 5.60 Å². The van der Waals surface area contributed by atoms with Crippen molar-refractivity contribution in [2.45, 2.75) is 46.1 Å². The molecule has 1 aromatic carbocycles. The predicted molar refractivity (Wildman–Crippen MR) is 101 cm³/mol. The lowest BCUT2D eigenvalue weighted by atomic mass is 9.82. The topological polar surface area (TPSA) is 83.5 Å². The van der Waals surface area contributed by atoms with Crippen molar-refractivity contribution in [1.29, 1.82) is 0 Å². The summed E-state index contributed by atoms with van der Waals surface area (Å²) >= 11 is 5.80. The van der Waals surface area contributed by atoms with Gasteiger partial charge in [-0.2, -0.15) is 0 Å². The van der Waals surface area contributed by atoms with Crippen molar-refractivity contribution in [2.24, 2.45) is 0 Å². The lowest BCUT2D eigenvalue weighted by Gasteiger charge is -2.24. The van der Waals surface area contributed by atoms with E-state index in [1.807, 2.05) is 0 Å². The number of carbonyl (C=O) groups excluding carboxylic acids is 3. The summed E-state index contributed by atoms with van der Waals surface area (Å²) < 4.78 is 0. The summed E-state index contributed by atoms with van der Waals surface area (Å²) in [7, 11) is 0. The van der Waals surface area contributed by atoms with Gasteiger partial charge in [0.15, 0.2) is 11.6 Å². The molecule has 1 atom stereocenters. The first-order valence-corrected chi connectivity index (χ1v) is 8.68. The fraction of sp³-hybridized carbons (Fsp3) is 0.350. The highest BCUT2D eigenvalue weighted by Crippen LogP contribution is 2.29. The smallest absolute Gasteiger partial charge is 0.256 e. The van der Waals surface area contributed by atoms with Crippen LogP contribution >= 0.6 is 11.6 Å². The Morgan fingerprint density at radius 3 is 2.15 bits per heavy atom. The first-order valence-electron chi connectivity index (χ1n) is 8.30. The van der Waals surface area contributed by atoms with E-state index in [4.69, 9.17) is 11.6 Å². The van der Waals surface area contributed by atoms with Gasteiger partial charge in [-0.3, -0.25) is 14.4 Å². The van der Waals surface area contributed by atoms with Crippen LogP contribution in [0, 0.1) is 0 Å². The largest absolute Gasteiger partial charge is 0.380 e. The Morgan fingerprint density at radius 1 is 1.04 bits per heavy atom. The third-order valence-corrected chi connectivity index (χ3v) is 5.02. The summed E-state index contributed by atoms with van der Waals surface area (Å²) in [6.45, 7) is 6.24. The van der Waals surface area contributed by atoms with E-state index in [2.05, 4.69) is 5.32 Å². The van der Waals surface area contributed by atoms with Crippen molar-refractivity contribution >= 4 is 34.8 Å². The van der Waals surface area contributed by atoms with Crippen LogP contribution in [-0.2, 0) is 14.4 Å². The van der Waals surface area contributed by atoms with Gasteiger partial charge in [-0.05, 0) is 64.8 Å². The molecule has 1 aromatic rings. The van der Waals surface area contributed by atoms with Gasteiger partial charge in [0.2, 0.25) is 0 Å². The number of benzene rings is 1. The molecule has 0 spiro atoms. The third-order valence-electron chi connectivity index (χ3n) is 4.76. The molecule has 0 saturated heterocycles. The molecule has 0 saturated carbocycles. The maximum Gasteiger partial charge on any atom is 0.256 e. The molecule has 1 amide bonds. The van der Waals surface area contributed by atoms with Crippen molar-refractivity contribution in [3.05, 3.63) is 51.6 Å². The zero-order chi connectivity index (χ0) is 19.6. The molecule has 0 aromatic heterocycles. The van der Waals surface area contributed by atoms with Crippen LogP contribution in [0.2, 0.25) is 5.02 Å². The molecular formula is C20H22ClNO4. The van der Waals surface area contributed by atoms with E-state index in [0.29, 0.717) is 33.0 Å². The van der Waals surface area contributed by atoms with E-state index in [-0.39, 0.29) is 24.4 Å². The second kappa shape index (κ2) is 7.56. The number of aliphatic hydroxyl groups is 1. The molecule has 0 bridgehead atoms. The predicted octanol–water partition coefficient (Wildman–Crippen LogP) is 3.61. The highest BCUT2D eigenvalue weighted by Gasteiger charge is 2.33. The number of Topliss-reactive ketones (excluding diaryl/α,β-unsaturated/α-hetero) is 2. The van der Waals surface area contributed by atoms with Crippen LogP contribution in [0.4, 0.5) is 5.69 Å². The summed E-state index contributed by atoms with van der Waals surface area (Å²) in [6, 6.07) is 6.51. The van der Waals surface area contributed by atoms with Crippen LogP contribution < -0.4 is 5.32 Å². The molecule has 0 fully saturated rings. The van der Waals surface area contributed by atoms with Gasteiger partial charge in [-0.25, -0.2) is 0 Å². The first kappa shape index (κ1) is 20.1. The Hall–Kier alpha value is -2.24. The highest BCUT2D eigenvalue weighted by atomic mass is 35.5. The van der Waals surface area contributed by atoms with Gasteiger partial charge in [0.25, 0.3) is 5.91 Å². The molecule has 2 rings (SSSR count). The summed E-state index contributed by atoms with van der Waals surface area (Å²) in [4.78, 5) is 37.0. The Morgan fingerprint density at radius 2 is 1.58 bits per heavy atom. The minimum atomic E-state index is -1.69. The van der Waals surface area contributed by atoms with Crippen molar-refractivity contribution < 1.29 is 19.5 Å². The summed E-state index contributed by atoms with van der Waals surface area (Å²) in [6.07, 6.45) is 0.159. The van der Waals surface area contributed by atoms with Gasteiger partial charge in [-0.15, -0.1) is 0 Å². The molecule has 26 heavy (non-hydrogen) atoms. The van der Waals surface area contributed by atoms with E-state index in [1.165, 1.54) is 6.92 Å². The van der Waals surface area contributed by atoms with E-state index < -0.39 is 11.5 Å². The summed E-state index contributed by atoms with van der Waals surface area (Å²) in [5.74, 6) is -0.952. The van der Waals surface area contributed by atoms with E-state index in [9.17, 15) is 19.5 Å². The average Bonchev–Trinajstić information content (AvgIpc) is 2.60. The Bertz CT molecular complexity index is 832. The van der Waals surface area contributed by atoms with Crippen molar-refractivity contribution in [3.63, 3.8) is 0 Å². The average molecular weight is 376 g/mol. The number of nitrogens with one attached hydrogen (secondary N) is 1. The van der Waals surface area contributed by atoms with Gasteiger partial charge in [-0.1, -0.05) is 11.6 Å². The number of carbonyl (C=O) groups is 3. The number of ketones is 2. The Balaban J connectivity index is 2.09. The van der Waals surface area contributed by atoms with E-state index >= 15 is 0 Å². The zero-order valence-electron chi connectivity index (χ0n) is 15.3. The molecule has 0 heterocycles. The second-order valence-electron chi connectivity index (χ2n) is 6.75. The van der Waals surface area contributed by atoms with Gasteiger partial charge < -0.3 is 10.4 Å². The number of hydrogen-bond donors (Lipinski definition) is 2. The molecule has 0 radical (unpaired) electrons. The third kappa shape index (κ3) is 4.11. The second-order valence-corrected chi connectivity index (χ2v) is 7.18. The number of halogens is 1. The lowest BCUT2D eigenvalue weighted by molar-refractivity contribution is -0.133. The van der Waals surface area contributed by atoms with Crippen LogP contribution in [0.15, 0.2) is 46.6 Å². The van der Waals surface area contributed by atoms with Crippen molar-refractivity contribution in [2.75, 3.05) is 5.32 Å². The van der Waals surface area contributed by atoms with Crippen LogP contribution in [-0.4, -0.2) is 28.2 Å². The van der Waals surface area contributed by atoms with Crippen LogP contribution in [0.1, 0.15) is 40.5 Å². The molecule has 0 aliphatic heterocycles. The zero-order valence-corrected chi connectivity index (χ0v) is 16.0. The molecule has 138 valence electrons. The molecule has 5 nitrogen and oxygen atoms in total. The van der Waals surface area contributed by atoms with Gasteiger partial charge >= 0.3 is 0 Å². The number of hydrogen-bond acceptors (Lipinski definition) is 4. The molecule has 1 aliphatic carbocycles. The molecular weight excluding hydrogens is 354 g/mol.